The normalized spacial score (nSPS) is 14.6. The number of Topliss-reactive ketones (excluding diaryl/α,β-unsaturated/α-hetero) is 1. The second-order valence-electron chi connectivity index (χ2n) is 9.98. The Morgan fingerprint density at radius 3 is 2.59 bits per heavy atom. The zero-order chi connectivity index (χ0) is 24.5. The Morgan fingerprint density at radius 1 is 1.18 bits per heavy atom. The predicted molar refractivity (Wildman–Crippen MR) is 134 cm³/mol. The molecule has 1 aliphatic heterocycles. The lowest BCUT2D eigenvalue weighted by Crippen LogP contribution is -2.20. The van der Waals surface area contributed by atoms with Crippen molar-refractivity contribution in [2.45, 2.75) is 40.0 Å². The highest BCUT2D eigenvalue weighted by Gasteiger charge is 2.26. The molecule has 1 fully saturated rings. The number of nitrogens with zero attached hydrogens (tertiary/aromatic N) is 3. The summed E-state index contributed by atoms with van der Waals surface area (Å²) < 4.78 is 28.8. The molecular weight excluding hydrogens is 452 g/mol. The van der Waals surface area contributed by atoms with E-state index in [9.17, 15) is 13.2 Å². The van der Waals surface area contributed by atoms with E-state index in [2.05, 4.69) is 20.9 Å². The standard InChI is InChI=1S/C25H32N4O4S/c1-25(2,3)23(30)20-15-26-24-22(20)28-21(16-27-24)17-12-18(29-8-5-6-9-29)14-19(13-17)33-10-7-11-34(4,31)32/h12-16H,5-11H2,1-4H3,(H,26,27). The van der Waals surface area contributed by atoms with Crippen molar-refractivity contribution in [2.24, 2.45) is 5.41 Å². The Morgan fingerprint density at radius 2 is 1.91 bits per heavy atom. The van der Waals surface area contributed by atoms with Crippen molar-refractivity contribution in [3.8, 4) is 17.0 Å². The van der Waals surface area contributed by atoms with Crippen LogP contribution < -0.4 is 9.64 Å². The highest BCUT2D eigenvalue weighted by molar-refractivity contribution is 7.90. The van der Waals surface area contributed by atoms with Crippen LogP contribution in [0.3, 0.4) is 0 Å². The molecule has 0 bridgehead atoms. The summed E-state index contributed by atoms with van der Waals surface area (Å²) in [6.45, 7) is 7.92. The van der Waals surface area contributed by atoms with E-state index in [4.69, 9.17) is 9.72 Å². The van der Waals surface area contributed by atoms with Gasteiger partial charge in [-0.2, -0.15) is 0 Å². The molecule has 4 rings (SSSR count). The third kappa shape index (κ3) is 5.58. The van der Waals surface area contributed by atoms with Crippen LogP contribution in [0.15, 0.2) is 30.6 Å². The van der Waals surface area contributed by atoms with Gasteiger partial charge < -0.3 is 14.6 Å². The smallest absolute Gasteiger partial charge is 0.171 e. The molecule has 8 nitrogen and oxygen atoms in total. The van der Waals surface area contributed by atoms with Crippen molar-refractivity contribution in [3.05, 3.63) is 36.2 Å². The highest BCUT2D eigenvalue weighted by Crippen LogP contribution is 2.33. The molecule has 0 radical (unpaired) electrons. The van der Waals surface area contributed by atoms with Crippen molar-refractivity contribution >= 4 is 32.5 Å². The van der Waals surface area contributed by atoms with Gasteiger partial charge in [-0.15, -0.1) is 0 Å². The molecule has 1 aliphatic rings. The largest absolute Gasteiger partial charge is 0.493 e. The van der Waals surface area contributed by atoms with Crippen molar-refractivity contribution in [3.63, 3.8) is 0 Å². The molecule has 182 valence electrons. The van der Waals surface area contributed by atoms with E-state index in [1.54, 1.807) is 12.4 Å². The summed E-state index contributed by atoms with van der Waals surface area (Å²) in [4.78, 5) is 27.6. The minimum Gasteiger partial charge on any atom is -0.493 e. The number of benzene rings is 1. The van der Waals surface area contributed by atoms with Crippen LogP contribution in [0.5, 0.6) is 5.75 Å². The van der Waals surface area contributed by atoms with Crippen LogP contribution >= 0.6 is 0 Å². The number of aromatic amines is 1. The van der Waals surface area contributed by atoms with Crippen molar-refractivity contribution < 1.29 is 17.9 Å². The van der Waals surface area contributed by atoms with E-state index < -0.39 is 15.3 Å². The number of ether oxygens (including phenoxy) is 1. The quantitative estimate of drug-likeness (QED) is 0.376. The van der Waals surface area contributed by atoms with Gasteiger partial charge in [0, 0.05) is 48.3 Å². The van der Waals surface area contributed by atoms with Crippen LogP contribution in [0, 0.1) is 5.41 Å². The molecule has 1 N–H and O–H groups in total. The van der Waals surface area contributed by atoms with E-state index in [1.165, 1.54) is 6.26 Å². The van der Waals surface area contributed by atoms with Gasteiger partial charge in [0.1, 0.15) is 21.1 Å². The molecular formula is C25H32N4O4S. The fraction of sp³-hybridized carbons (Fsp3) is 0.480. The van der Waals surface area contributed by atoms with Gasteiger partial charge in [0.25, 0.3) is 0 Å². The Labute approximate surface area is 200 Å². The molecule has 3 heterocycles. The van der Waals surface area contributed by atoms with Crippen molar-refractivity contribution in [2.75, 3.05) is 36.6 Å². The maximum absolute atomic E-state index is 12.9. The molecule has 0 amide bonds. The first-order valence-corrected chi connectivity index (χ1v) is 13.7. The Balaban J connectivity index is 1.69. The second kappa shape index (κ2) is 9.37. The molecule has 0 spiro atoms. The summed E-state index contributed by atoms with van der Waals surface area (Å²) in [6.07, 6.45) is 7.31. The molecule has 9 heteroatoms. The average molecular weight is 485 g/mol. The number of aromatic nitrogens is 3. The molecule has 0 saturated carbocycles. The zero-order valence-electron chi connectivity index (χ0n) is 20.2. The lowest BCUT2D eigenvalue weighted by molar-refractivity contribution is 0.0860. The minimum atomic E-state index is -3.02. The monoisotopic (exact) mass is 484 g/mol. The van der Waals surface area contributed by atoms with Crippen LogP contribution in [-0.2, 0) is 9.84 Å². The molecule has 2 aromatic heterocycles. The van der Waals surface area contributed by atoms with Gasteiger partial charge in [0.05, 0.1) is 29.8 Å². The van der Waals surface area contributed by atoms with E-state index in [0.717, 1.165) is 37.2 Å². The maximum Gasteiger partial charge on any atom is 0.171 e. The number of nitrogens with one attached hydrogen (secondary N) is 1. The van der Waals surface area contributed by atoms with Gasteiger partial charge in [0.2, 0.25) is 0 Å². The average Bonchev–Trinajstić information content (AvgIpc) is 3.44. The van der Waals surface area contributed by atoms with Gasteiger partial charge in [-0.1, -0.05) is 20.8 Å². The minimum absolute atomic E-state index is 0.00548. The molecule has 1 saturated heterocycles. The van der Waals surface area contributed by atoms with E-state index in [1.807, 2.05) is 32.9 Å². The van der Waals surface area contributed by atoms with Crippen LogP contribution in [0.4, 0.5) is 5.69 Å². The van der Waals surface area contributed by atoms with Crippen LogP contribution in [-0.4, -0.2) is 60.9 Å². The molecule has 34 heavy (non-hydrogen) atoms. The van der Waals surface area contributed by atoms with Gasteiger partial charge in [-0.3, -0.25) is 4.79 Å². The number of rotatable bonds is 8. The van der Waals surface area contributed by atoms with Gasteiger partial charge in [-0.25, -0.2) is 18.4 Å². The van der Waals surface area contributed by atoms with Crippen molar-refractivity contribution in [1.29, 1.82) is 0 Å². The van der Waals surface area contributed by atoms with Crippen molar-refractivity contribution in [1.82, 2.24) is 15.0 Å². The first kappa shape index (κ1) is 24.2. The third-order valence-electron chi connectivity index (χ3n) is 5.89. The Kier molecular flexibility index (Phi) is 6.66. The van der Waals surface area contributed by atoms with Gasteiger partial charge in [-0.05, 0) is 31.4 Å². The molecule has 0 aliphatic carbocycles. The summed E-state index contributed by atoms with van der Waals surface area (Å²) >= 11 is 0. The second-order valence-corrected chi connectivity index (χ2v) is 12.2. The summed E-state index contributed by atoms with van der Waals surface area (Å²) in [5.74, 6) is 0.757. The number of ketones is 1. The van der Waals surface area contributed by atoms with Crippen LogP contribution in [0.25, 0.3) is 22.4 Å². The predicted octanol–water partition coefficient (Wildman–Crippen LogP) is 4.27. The lowest BCUT2D eigenvalue weighted by atomic mass is 9.87. The zero-order valence-corrected chi connectivity index (χ0v) is 21.0. The third-order valence-corrected chi connectivity index (χ3v) is 6.92. The molecule has 0 unspecified atom stereocenters. The number of sulfone groups is 1. The number of H-pyrrole nitrogens is 1. The van der Waals surface area contributed by atoms with E-state index in [0.29, 0.717) is 41.2 Å². The first-order chi connectivity index (χ1) is 16.0. The number of fused-ring (bicyclic) bond motifs is 1. The number of hydrogen-bond donors (Lipinski definition) is 1. The van der Waals surface area contributed by atoms with E-state index >= 15 is 0 Å². The molecule has 3 aromatic rings. The Hall–Kier alpha value is -2.94. The molecule has 0 atom stereocenters. The summed E-state index contributed by atoms with van der Waals surface area (Å²) in [6, 6.07) is 5.96. The summed E-state index contributed by atoms with van der Waals surface area (Å²) in [5, 5.41) is 0. The fourth-order valence-electron chi connectivity index (χ4n) is 4.09. The van der Waals surface area contributed by atoms with Crippen LogP contribution in [0.1, 0.15) is 50.4 Å². The fourth-order valence-corrected chi connectivity index (χ4v) is 4.73. The topological polar surface area (TPSA) is 105 Å². The van der Waals surface area contributed by atoms with Gasteiger partial charge in [0.15, 0.2) is 11.4 Å². The number of carbonyl (C=O) groups is 1. The SMILES string of the molecule is CC(C)(C)C(=O)c1c[nH]c2ncc(-c3cc(OCCCS(C)(=O)=O)cc(N4CCCC4)c3)nc12. The number of hydrogen-bond acceptors (Lipinski definition) is 7. The van der Waals surface area contributed by atoms with E-state index in [-0.39, 0.29) is 11.5 Å². The lowest BCUT2D eigenvalue weighted by Gasteiger charge is -2.20. The first-order valence-electron chi connectivity index (χ1n) is 11.6. The van der Waals surface area contributed by atoms with Crippen LogP contribution in [0.2, 0.25) is 0 Å². The highest BCUT2D eigenvalue weighted by atomic mass is 32.2. The van der Waals surface area contributed by atoms with Gasteiger partial charge >= 0.3 is 0 Å². The maximum atomic E-state index is 12.9. The molecule has 1 aromatic carbocycles. The number of carbonyl (C=O) groups excluding carboxylic acids is 1. The summed E-state index contributed by atoms with van der Waals surface area (Å²) in [5.41, 5.74) is 3.66. The Bertz CT molecular complexity index is 1300. The summed E-state index contributed by atoms with van der Waals surface area (Å²) in [7, 11) is -3.02. The number of anilines is 1.